The topological polar surface area (TPSA) is 127 Å². The summed E-state index contributed by atoms with van der Waals surface area (Å²) >= 11 is 0. The molecule has 2 saturated heterocycles. The van der Waals surface area contributed by atoms with Gasteiger partial charge < -0.3 is 24.4 Å². The number of para-hydroxylation sites is 1. The molecule has 2 fully saturated rings. The second-order valence-electron chi connectivity index (χ2n) is 11.5. The molecule has 11 nitrogen and oxygen atoms in total. The number of aliphatic hydroxyl groups is 1. The highest BCUT2D eigenvalue weighted by Gasteiger charge is 2.72. The summed E-state index contributed by atoms with van der Waals surface area (Å²) in [5.74, 6) is -3.25. The van der Waals surface area contributed by atoms with Gasteiger partial charge in [-0.05, 0) is 37.0 Å². The number of hydrogen-bond acceptors (Lipinski definition) is 8. The molecule has 1 aromatic heterocycles. The molecule has 2 aromatic carbocycles. The Morgan fingerprint density at radius 3 is 2.65 bits per heavy atom. The highest BCUT2D eigenvalue weighted by atomic mass is 16.6. The number of fused-ring (bicyclic) bond motifs is 3. The number of cyclic esters (lactones) is 1. The fourth-order valence-electron chi connectivity index (χ4n) is 7.08. The van der Waals surface area contributed by atoms with E-state index in [1.807, 2.05) is 72.8 Å². The average molecular weight is 584 g/mol. The van der Waals surface area contributed by atoms with Crippen LogP contribution in [0.25, 0.3) is 11.0 Å². The number of likely N-dealkylation sites (tertiary alicyclic amines) is 1. The maximum absolute atomic E-state index is 14.7. The molecule has 11 heteroatoms. The van der Waals surface area contributed by atoms with Gasteiger partial charge in [0.05, 0.1) is 36.8 Å². The van der Waals surface area contributed by atoms with E-state index in [-0.39, 0.29) is 25.7 Å². The largest absolute Gasteiger partial charge is 0.465 e. The second-order valence-corrected chi connectivity index (χ2v) is 11.5. The number of aromatic nitrogens is 3. The number of ether oxygens (including phenoxy) is 2. The first-order valence-corrected chi connectivity index (χ1v) is 14.8. The maximum atomic E-state index is 14.7. The van der Waals surface area contributed by atoms with Crippen LogP contribution in [-0.2, 0) is 30.5 Å². The number of hydrogen-bond donors (Lipinski definition) is 1. The lowest BCUT2D eigenvalue weighted by atomic mass is 9.78. The van der Waals surface area contributed by atoms with Gasteiger partial charge in [0.15, 0.2) is 0 Å². The third-order valence-corrected chi connectivity index (χ3v) is 9.04. The van der Waals surface area contributed by atoms with Crippen LogP contribution < -0.4 is 0 Å². The van der Waals surface area contributed by atoms with Crippen LogP contribution in [-0.4, -0.2) is 85.2 Å². The number of amides is 2. The van der Waals surface area contributed by atoms with Crippen LogP contribution in [0, 0.1) is 11.8 Å². The van der Waals surface area contributed by atoms with Crippen LogP contribution in [0.3, 0.4) is 0 Å². The van der Waals surface area contributed by atoms with Gasteiger partial charge in [-0.3, -0.25) is 14.4 Å². The predicted octanol–water partition coefficient (Wildman–Crippen LogP) is 2.38. The smallest absolute Gasteiger partial charge is 0.312 e. The summed E-state index contributed by atoms with van der Waals surface area (Å²) in [4.78, 5) is 45.9. The summed E-state index contributed by atoms with van der Waals surface area (Å²) in [5, 5.41) is 19.2. The molecule has 43 heavy (non-hydrogen) atoms. The highest BCUT2D eigenvalue weighted by Crippen LogP contribution is 2.54. The number of aliphatic hydroxyl groups excluding tert-OH is 1. The van der Waals surface area contributed by atoms with Crippen molar-refractivity contribution in [2.75, 3.05) is 19.8 Å². The van der Waals surface area contributed by atoms with Crippen molar-refractivity contribution in [2.24, 2.45) is 11.8 Å². The Morgan fingerprint density at radius 2 is 1.81 bits per heavy atom. The molecule has 1 unspecified atom stereocenters. The van der Waals surface area contributed by atoms with Gasteiger partial charge in [0.2, 0.25) is 5.91 Å². The van der Waals surface area contributed by atoms with Gasteiger partial charge in [0.25, 0.3) is 5.91 Å². The minimum atomic E-state index is -1.44. The Morgan fingerprint density at radius 1 is 1.00 bits per heavy atom. The van der Waals surface area contributed by atoms with E-state index >= 15 is 0 Å². The molecular formula is C32H33N5O6. The van der Waals surface area contributed by atoms with Crippen molar-refractivity contribution in [3.63, 3.8) is 0 Å². The minimum absolute atomic E-state index is 0.0902. The molecule has 4 aliphatic rings. The maximum Gasteiger partial charge on any atom is 0.312 e. The highest BCUT2D eigenvalue weighted by molar-refractivity contribution is 5.99. The van der Waals surface area contributed by atoms with E-state index < -0.39 is 54.1 Å². The summed E-state index contributed by atoms with van der Waals surface area (Å²) in [6.07, 6.45) is 9.06. The molecule has 5 heterocycles. The molecule has 1 N–H and O–H groups in total. The number of nitrogens with zero attached hydrogens (tertiary/aromatic N) is 5. The number of esters is 1. The van der Waals surface area contributed by atoms with E-state index in [9.17, 15) is 19.5 Å². The predicted molar refractivity (Wildman–Crippen MR) is 154 cm³/mol. The zero-order chi connectivity index (χ0) is 29.6. The summed E-state index contributed by atoms with van der Waals surface area (Å²) in [7, 11) is 0. The molecule has 0 aliphatic carbocycles. The molecule has 7 rings (SSSR count). The van der Waals surface area contributed by atoms with E-state index in [1.54, 1.807) is 15.7 Å². The van der Waals surface area contributed by atoms with E-state index in [0.717, 1.165) is 24.8 Å². The fourth-order valence-corrected chi connectivity index (χ4v) is 7.08. The van der Waals surface area contributed by atoms with Crippen molar-refractivity contribution in [2.45, 2.75) is 49.7 Å². The van der Waals surface area contributed by atoms with Crippen molar-refractivity contribution >= 4 is 28.8 Å². The van der Waals surface area contributed by atoms with E-state index in [0.29, 0.717) is 11.1 Å². The van der Waals surface area contributed by atoms with Crippen molar-refractivity contribution in [3.8, 4) is 0 Å². The SMILES string of the molecule is O=C1OCCCC/C=C\[C@@H]2O[C@]34C=CCN(Cn5nnc6ccccc65)C(=O)C3N([C@H](CO)c3ccccc3)C(=O)[C@@H]4[C@H]12. The van der Waals surface area contributed by atoms with Crippen LogP contribution in [0.15, 0.2) is 78.9 Å². The Labute approximate surface area is 248 Å². The van der Waals surface area contributed by atoms with E-state index in [4.69, 9.17) is 9.47 Å². The molecule has 0 radical (unpaired) electrons. The number of benzene rings is 2. The zero-order valence-electron chi connectivity index (χ0n) is 23.6. The first-order valence-electron chi connectivity index (χ1n) is 14.8. The Hall–Kier alpha value is -4.35. The summed E-state index contributed by atoms with van der Waals surface area (Å²) in [6, 6.07) is 14.6. The first-order chi connectivity index (χ1) is 21.0. The quantitative estimate of drug-likeness (QED) is 0.359. The first kappa shape index (κ1) is 27.5. The van der Waals surface area contributed by atoms with Crippen LogP contribution in [0.1, 0.15) is 30.9 Å². The molecule has 6 atom stereocenters. The fraction of sp³-hybridized carbons (Fsp3) is 0.406. The molecule has 4 aliphatic heterocycles. The standard InChI is InChI=1S/C32H33N5O6/c38-19-24(21-11-4-3-5-12-21)37-28-30(40)35(20-36-23-14-8-7-13-22(23)33-34-36)17-10-16-32(28)27(29(37)39)26-25(43-32)15-6-1-2-9-18-42-31(26)41/h3-8,10-16,24-28,38H,1-2,9,17-20H2/b15-6-/t24-,25+,26-,27+,28?,32+/m1/s1. The van der Waals surface area contributed by atoms with E-state index in [1.165, 1.54) is 4.90 Å². The van der Waals surface area contributed by atoms with Crippen LogP contribution >= 0.6 is 0 Å². The third kappa shape index (κ3) is 4.45. The van der Waals surface area contributed by atoms with Crippen molar-refractivity contribution in [1.29, 1.82) is 0 Å². The zero-order valence-corrected chi connectivity index (χ0v) is 23.6. The van der Waals surface area contributed by atoms with Gasteiger partial charge in [0.1, 0.15) is 29.7 Å². The molecule has 2 amide bonds. The van der Waals surface area contributed by atoms with E-state index in [2.05, 4.69) is 10.3 Å². The molecular weight excluding hydrogens is 550 g/mol. The van der Waals surface area contributed by atoms with Crippen LogP contribution in [0.2, 0.25) is 0 Å². The number of carbonyl (C=O) groups excluding carboxylic acids is 3. The average Bonchev–Trinajstić information content (AvgIpc) is 3.62. The van der Waals surface area contributed by atoms with Gasteiger partial charge in [-0.1, -0.05) is 72.0 Å². The Kier molecular flexibility index (Phi) is 7.06. The van der Waals surface area contributed by atoms with Gasteiger partial charge in [-0.25, -0.2) is 4.68 Å². The van der Waals surface area contributed by atoms with Gasteiger partial charge >= 0.3 is 5.97 Å². The van der Waals surface area contributed by atoms with Gasteiger partial charge in [-0.2, -0.15) is 0 Å². The monoisotopic (exact) mass is 583 g/mol. The van der Waals surface area contributed by atoms with Crippen molar-refractivity contribution < 1.29 is 29.0 Å². The lowest BCUT2D eigenvalue weighted by Crippen LogP contribution is -2.56. The third-order valence-electron chi connectivity index (χ3n) is 9.04. The molecule has 1 spiro atoms. The number of allylic oxidation sites excluding steroid dienone is 1. The molecule has 0 bridgehead atoms. The van der Waals surface area contributed by atoms with Crippen molar-refractivity contribution in [3.05, 3.63) is 84.5 Å². The number of rotatable bonds is 5. The normalized spacial score (nSPS) is 30.4. The van der Waals surface area contributed by atoms with Crippen molar-refractivity contribution in [1.82, 2.24) is 24.8 Å². The lowest BCUT2D eigenvalue weighted by molar-refractivity contribution is -0.157. The second kappa shape index (κ2) is 11.1. The molecule has 222 valence electrons. The van der Waals surface area contributed by atoms with Crippen LogP contribution in [0.4, 0.5) is 0 Å². The summed E-state index contributed by atoms with van der Waals surface area (Å²) < 4.78 is 14.0. The van der Waals surface area contributed by atoms with Crippen LogP contribution in [0.5, 0.6) is 0 Å². The van der Waals surface area contributed by atoms with Gasteiger partial charge in [-0.15, -0.1) is 5.10 Å². The Bertz CT molecular complexity index is 1600. The summed E-state index contributed by atoms with van der Waals surface area (Å²) in [5.41, 5.74) is 0.700. The minimum Gasteiger partial charge on any atom is -0.465 e. The Balaban J connectivity index is 1.34. The summed E-state index contributed by atoms with van der Waals surface area (Å²) in [6.45, 7) is 0.161. The molecule has 3 aromatic rings. The lowest BCUT2D eigenvalue weighted by Gasteiger charge is -2.38. The molecule has 0 saturated carbocycles. The number of carbonyl (C=O) groups is 3. The van der Waals surface area contributed by atoms with Gasteiger partial charge in [0, 0.05) is 6.54 Å².